The molecule has 1 heterocycles. The minimum absolute atomic E-state index is 0.0215. The van der Waals surface area contributed by atoms with Gasteiger partial charge in [-0.25, -0.2) is 13.2 Å². The normalized spacial score (nSPS) is 21.2. The third-order valence-electron chi connectivity index (χ3n) is 3.75. The van der Waals surface area contributed by atoms with Crippen LogP contribution in [0.2, 0.25) is 0 Å². The third kappa shape index (κ3) is 5.22. The molecule has 2 amide bonds. The first-order chi connectivity index (χ1) is 10.3. The Morgan fingerprint density at radius 3 is 2.64 bits per heavy atom. The number of benzene rings is 1. The first kappa shape index (κ1) is 16.6. The average molecular weight is 326 g/mol. The smallest absolute Gasteiger partial charge is 0.315 e. The summed E-state index contributed by atoms with van der Waals surface area (Å²) in [7, 11) is -2.98. The van der Waals surface area contributed by atoms with Gasteiger partial charge in [0, 0.05) is 12.1 Å². The SMILES string of the molecule is C[C@H](CCc1ccc(O)cc1)NC(=O)N[C@@H]1CCS(=O)(=O)C1. The van der Waals surface area contributed by atoms with Crippen LogP contribution in [0.3, 0.4) is 0 Å². The fourth-order valence-electron chi connectivity index (χ4n) is 2.48. The molecule has 0 aliphatic carbocycles. The molecule has 0 radical (unpaired) electrons. The molecule has 1 aliphatic heterocycles. The predicted molar refractivity (Wildman–Crippen MR) is 84.6 cm³/mol. The number of hydrogen-bond acceptors (Lipinski definition) is 4. The van der Waals surface area contributed by atoms with Crippen molar-refractivity contribution in [1.82, 2.24) is 10.6 Å². The summed E-state index contributed by atoms with van der Waals surface area (Å²) in [5.74, 6) is 0.414. The largest absolute Gasteiger partial charge is 0.508 e. The number of aromatic hydroxyl groups is 1. The Balaban J connectivity index is 1.71. The molecular weight excluding hydrogens is 304 g/mol. The van der Waals surface area contributed by atoms with Gasteiger partial charge in [-0.15, -0.1) is 0 Å². The molecule has 0 unspecified atom stereocenters. The van der Waals surface area contributed by atoms with E-state index >= 15 is 0 Å². The molecule has 1 aliphatic rings. The summed E-state index contributed by atoms with van der Waals surface area (Å²) in [5, 5.41) is 14.7. The molecule has 1 saturated heterocycles. The number of hydrogen-bond donors (Lipinski definition) is 3. The maximum Gasteiger partial charge on any atom is 0.315 e. The molecular formula is C15H22N2O4S. The van der Waals surface area contributed by atoms with E-state index in [-0.39, 0.29) is 35.4 Å². The first-order valence-corrected chi connectivity index (χ1v) is 9.21. The summed E-state index contributed by atoms with van der Waals surface area (Å²) in [6.07, 6.45) is 2.04. The molecule has 122 valence electrons. The summed E-state index contributed by atoms with van der Waals surface area (Å²) in [5.41, 5.74) is 1.09. The highest BCUT2D eigenvalue weighted by Crippen LogP contribution is 2.12. The van der Waals surface area contributed by atoms with Gasteiger partial charge >= 0.3 is 6.03 Å². The molecule has 0 spiro atoms. The minimum atomic E-state index is -2.98. The highest BCUT2D eigenvalue weighted by atomic mass is 32.2. The van der Waals surface area contributed by atoms with Crippen molar-refractivity contribution in [2.24, 2.45) is 0 Å². The maximum absolute atomic E-state index is 11.8. The van der Waals surface area contributed by atoms with Crippen molar-refractivity contribution >= 4 is 15.9 Å². The Hall–Kier alpha value is -1.76. The lowest BCUT2D eigenvalue weighted by Gasteiger charge is -2.17. The second-order valence-electron chi connectivity index (χ2n) is 5.82. The Morgan fingerprint density at radius 2 is 2.05 bits per heavy atom. The molecule has 3 N–H and O–H groups in total. The van der Waals surface area contributed by atoms with Gasteiger partial charge in [0.1, 0.15) is 5.75 Å². The lowest BCUT2D eigenvalue weighted by molar-refractivity contribution is 0.234. The topological polar surface area (TPSA) is 95.5 Å². The number of phenolic OH excluding ortho intramolecular Hbond substituents is 1. The number of carbonyl (C=O) groups is 1. The van der Waals surface area contributed by atoms with Crippen LogP contribution in [0, 0.1) is 0 Å². The van der Waals surface area contributed by atoms with Crippen LogP contribution in [0.25, 0.3) is 0 Å². The molecule has 6 nitrogen and oxygen atoms in total. The van der Waals surface area contributed by atoms with Crippen LogP contribution in [0.5, 0.6) is 5.75 Å². The van der Waals surface area contributed by atoms with E-state index in [0.29, 0.717) is 6.42 Å². The molecule has 0 aromatic heterocycles. The number of carbonyl (C=O) groups excluding carboxylic acids is 1. The van der Waals surface area contributed by atoms with Gasteiger partial charge < -0.3 is 15.7 Å². The number of phenols is 1. The summed E-state index contributed by atoms with van der Waals surface area (Å²) in [6.45, 7) is 1.91. The average Bonchev–Trinajstić information content (AvgIpc) is 2.77. The zero-order valence-corrected chi connectivity index (χ0v) is 13.4. The van der Waals surface area contributed by atoms with Crippen molar-refractivity contribution in [3.8, 4) is 5.75 Å². The standard InChI is InChI=1S/C15H22N2O4S/c1-11(2-3-12-4-6-14(18)7-5-12)16-15(19)17-13-8-9-22(20,21)10-13/h4-7,11,13,18H,2-3,8-10H2,1H3,(H2,16,17,19)/t11-,13-/m1/s1. The number of aryl methyl sites for hydroxylation is 1. The highest BCUT2D eigenvalue weighted by Gasteiger charge is 2.29. The quantitative estimate of drug-likeness (QED) is 0.757. The third-order valence-corrected chi connectivity index (χ3v) is 5.52. The second kappa shape index (κ2) is 7.00. The van der Waals surface area contributed by atoms with Crippen molar-refractivity contribution in [3.05, 3.63) is 29.8 Å². The molecule has 1 aromatic rings. The van der Waals surface area contributed by atoms with Gasteiger partial charge in [0.05, 0.1) is 11.5 Å². The van der Waals surface area contributed by atoms with E-state index in [4.69, 9.17) is 0 Å². The van der Waals surface area contributed by atoms with E-state index in [1.807, 2.05) is 19.1 Å². The number of rotatable bonds is 5. The monoisotopic (exact) mass is 326 g/mol. The molecule has 0 saturated carbocycles. The number of sulfone groups is 1. The maximum atomic E-state index is 11.8. The van der Waals surface area contributed by atoms with Gasteiger partial charge in [-0.3, -0.25) is 0 Å². The minimum Gasteiger partial charge on any atom is -0.508 e. The van der Waals surface area contributed by atoms with Crippen molar-refractivity contribution in [2.45, 2.75) is 38.3 Å². The molecule has 22 heavy (non-hydrogen) atoms. The van der Waals surface area contributed by atoms with Crippen LogP contribution >= 0.6 is 0 Å². The molecule has 7 heteroatoms. The van der Waals surface area contributed by atoms with Crippen LogP contribution in [0.15, 0.2) is 24.3 Å². The molecule has 0 bridgehead atoms. The fourth-order valence-corrected chi connectivity index (χ4v) is 4.15. The van der Waals surface area contributed by atoms with Crippen molar-refractivity contribution in [1.29, 1.82) is 0 Å². The number of urea groups is 1. The van der Waals surface area contributed by atoms with E-state index < -0.39 is 9.84 Å². The summed E-state index contributed by atoms with van der Waals surface area (Å²) >= 11 is 0. The van der Waals surface area contributed by atoms with E-state index in [1.54, 1.807) is 12.1 Å². The van der Waals surface area contributed by atoms with Crippen LogP contribution in [-0.4, -0.2) is 43.1 Å². The lowest BCUT2D eigenvalue weighted by atomic mass is 10.1. The Kier molecular flexibility index (Phi) is 5.28. The van der Waals surface area contributed by atoms with E-state index in [2.05, 4.69) is 10.6 Å². The summed E-state index contributed by atoms with van der Waals surface area (Å²) in [6, 6.07) is 6.36. The van der Waals surface area contributed by atoms with E-state index in [9.17, 15) is 18.3 Å². The first-order valence-electron chi connectivity index (χ1n) is 7.39. The van der Waals surface area contributed by atoms with Crippen molar-refractivity contribution < 1.29 is 18.3 Å². The van der Waals surface area contributed by atoms with Crippen LogP contribution in [0.1, 0.15) is 25.3 Å². The van der Waals surface area contributed by atoms with Gasteiger partial charge in [-0.2, -0.15) is 0 Å². The Labute approximate surface area is 130 Å². The molecule has 2 atom stereocenters. The van der Waals surface area contributed by atoms with Crippen molar-refractivity contribution in [2.75, 3.05) is 11.5 Å². The van der Waals surface area contributed by atoms with Gasteiger partial charge in [-0.1, -0.05) is 12.1 Å². The van der Waals surface area contributed by atoms with E-state index in [0.717, 1.165) is 18.4 Å². The molecule has 1 aromatic carbocycles. The van der Waals surface area contributed by atoms with E-state index in [1.165, 1.54) is 0 Å². The Bertz CT molecular complexity index is 613. The van der Waals surface area contributed by atoms with Gasteiger partial charge in [0.25, 0.3) is 0 Å². The zero-order chi connectivity index (χ0) is 16.2. The lowest BCUT2D eigenvalue weighted by Crippen LogP contribution is -2.45. The summed E-state index contributed by atoms with van der Waals surface area (Å²) in [4.78, 5) is 11.8. The second-order valence-corrected chi connectivity index (χ2v) is 8.05. The predicted octanol–water partition coefficient (Wildman–Crippen LogP) is 1.20. The van der Waals surface area contributed by atoms with Crippen LogP contribution < -0.4 is 10.6 Å². The van der Waals surface area contributed by atoms with Crippen LogP contribution in [0.4, 0.5) is 4.79 Å². The number of amides is 2. The molecule has 1 fully saturated rings. The van der Waals surface area contributed by atoms with Gasteiger partial charge in [0.2, 0.25) is 0 Å². The van der Waals surface area contributed by atoms with Crippen LogP contribution in [-0.2, 0) is 16.3 Å². The van der Waals surface area contributed by atoms with Gasteiger partial charge in [-0.05, 0) is 43.9 Å². The zero-order valence-electron chi connectivity index (χ0n) is 12.6. The van der Waals surface area contributed by atoms with Crippen molar-refractivity contribution in [3.63, 3.8) is 0 Å². The van der Waals surface area contributed by atoms with Gasteiger partial charge in [0.15, 0.2) is 9.84 Å². The molecule has 2 rings (SSSR count). The number of nitrogens with one attached hydrogen (secondary N) is 2. The highest BCUT2D eigenvalue weighted by molar-refractivity contribution is 7.91. The summed E-state index contributed by atoms with van der Waals surface area (Å²) < 4.78 is 22.7. The fraction of sp³-hybridized carbons (Fsp3) is 0.533. The Morgan fingerprint density at radius 1 is 1.36 bits per heavy atom.